The molecule has 23 heavy (non-hydrogen) atoms. The van der Waals surface area contributed by atoms with E-state index in [2.05, 4.69) is 0 Å². The minimum atomic E-state index is 0. The van der Waals surface area contributed by atoms with Gasteiger partial charge in [0.2, 0.25) is 0 Å². The average molecular weight is 487 g/mol. The van der Waals surface area contributed by atoms with Gasteiger partial charge in [0.25, 0.3) is 0 Å². The molecule has 0 amide bonds. The summed E-state index contributed by atoms with van der Waals surface area (Å²) < 4.78 is 26.4. The normalized spacial score (nSPS) is 14.1. The zero-order chi connectivity index (χ0) is 15.2. The molecule has 0 aromatic heterocycles. The van der Waals surface area contributed by atoms with E-state index < -0.39 is 0 Å². The van der Waals surface area contributed by atoms with Crippen molar-refractivity contribution in [2.45, 2.75) is 0 Å². The van der Waals surface area contributed by atoms with Gasteiger partial charge in [0, 0.05) is 28.2 Å². The number of methoxy groups -OCH3 is 1. The van der Waals surface area contributed by atoms with Crippen LogP contribution in [0.2, 0.25) is 0 Å². The van der Waals surface area contributed by atoms with Crippen LogP contribution in [0, 0.1) is 5.92 Å². The van der Waals surface area contributed by atoms with Crippen molar-refractivity contribution in [1.82, 2.24) is 0 Å². The molecule has 1 fully saturated rings. The van der Waals surface area contributed by atoms with Crippen molar-refractivity contribution in [1.29, 1.82) is 0 Å². The standard InChI is InChI=1S/C17H19O5.W/c1-18-11-21-16-4-2-15-7-17(5-3-14(15)6-16)22-12-20-10-13-8-19-9-13;/h2-7H,8-12H2,1H3;/q-1;. The molecule has 0 radical (unpaired) electrons. The molecule has 1 heterocycles. The maximum Gasteiger partial charge on any atom is 0.188 e. The Bertz CT molecular complexity index is 615. The Morgan fingerprint density at radius 2 is 1.57 bits per heavy atom. The van der Waals surface area contributed by atoms with Crippen molar-refractivity contribution in [3.63, 3.8) is 0 Å². The third kappa shape index (κ3) is 5.18. The maximum absolute atomic E-state index is 5.60. The van der Waals surface area contributed by atoms with Crippen LogP contribution in [0.4, 0.5) is 0 Å². The SMILES string of the molecule is COCOc1ccc2cc(OCOC[C-]3COC3)ccc2c1.[W]. The van der Waals surface area contributed by atoms with Gasteiger partial charge in [-0.1, -0.05) is 32.0 Å². The van der Waals surface area contributed by atoms with E-state index in [1.807, 2.05) is 36.4 Å². The summed E-state index contributed by atoms with van der Waals surface area (Å²) in [6.07, 6.45) is 0. The van der Waals surface area contributed by atoms with Crippen molar-refractivity contribution in [3.8, 4) is 11.5 Å². The molecule has 0 saturated carbocycles. The Kier molecular flexibility index (Phi) is 7.31. The van der Waals surface area contributed by atoms with E-state index in [1.165, 1.54) is 5.92 Å². The van der Waals surface area contributed by atoms with Crippen LogP contribution in [0.5, 0.6) is 11.5 Å². The molecule has 1 saturated heterocycles. The van der Waals surface area contributed by atoms with Crippen LogP contribution in [0.15, 0.2) is 36.4 Å². The average Bonchev–Trinajstić information content (AvgIpc) is 2.50. The first-order valence-corrected chi connectivity index (χ1v) is 7.12. The Morgan fingerprint density at radius 1 is 0.957 bits per heavy atom. The number of benzene rings is 2. The van der Waals surface area contributed by atoms with Gasteiger partial charge in [0.15, 0.2) is 13.6 Å². The second-order valence-corrected chi connectivity index (χ2v) is 5.08. The van der Waals surface area contributed by atoms with Crippen LogP contribution in [-0.2, 0) is 35.3 Å². The topological polar surface area (TPSA) is 46.2 Å². The number of hydrogen-bond donors (Lipinski definition) is 0. The largest absolute Gasteiger partial charge is 0.468 e. The molecule has 5 nitrogen and oxygen atoms in total. The Hall–Kier alpha value is -1.13. The molecular formula is C17H19O5W-. The first kappa shape index (κ1) is 18.2. The predicted octanol–water partition coefficient (Wildman–Crippen LogP) is 2.78. The summed E-state index contributed by atoms with van der Waals surface area (Å²) in [5.41, 5.74) is 0. The minimum absolute atomic E-state index is 0. The smallest absolute Gasteiger partial charge is 0.188 e. The monoisotopic (exact) mass is 487 g/mol. The van der Waals surface area contributed by atoms with Gasteiger partial charge >= 0.3 is 0 Å². The van der Waals surface area contributed by atoms with Gasteiger partial charge in [-0.05, 0) is 35.0 Å². The van der Waals surface area contributed by atoms with Crippen molar-refractivity contribution in [2.75, 3.05) is 40.5 Å². The number of rotatable bonds is 8. The summed E-state index contributed by atoms with van der Waals surface area (Å²) >= 11 is 0. The predicted molar refractivity (Wildman–Crippen MR) is 82.0 cm³/mol. The Labute approximate surface area is 150 Å². The minimum Gasteiger partial charge on any atom is -0.468 e. The molecule has 6 heteroatoms. The van der Waals surface area contributed by atoms with Gasteiger partial charge in [0.1, 0.15) is 11.5 Å². The summed E-state index contributed by atoms with van der Waals surface area (Å²) in [7, 11) is 1.60. The van der Waals surface area contributed by atoms with Crippen LogP contribution >= 0.6 is 0 Å². The molecule has 1 aliphatic heterocycles. The van der Waals surface area contributed by atoms with E-state index in [0.29, 0.717) is 19.8 Å². The summed E-state index contributed by atoms with van der Waals surface area (Å²) in [5.74, 6) is 2.84. The number of ether oxygens (including phenoxy) is 5. The van der Waals surface area contributed by atoms with Crippen molar-refractivity contribution in [2.24, 2.45) is 0 Å². The third-order valence-electron chi connectivity index (χ3n) is 3.35. The number of hydrogen-bond acceptors (Lipinski definition) is 5. The first-order chi connectivity index (χ1) is 10.8. The molecular weight excluding hydrogens is 468 g/mol. The number of fused-ring (bicyclic) bond motifs is 1. The third-order valence-corrected chi connectivity index (χ3v) is 3.35. The zero-order valence-electron chi connectivity index (χ0n) is 12.9. The molecule has 0 aliphatic carbocycles. The van der Waals surface area contributed by atoms with E-state index in [0.717, 1.165) is 22.3 Å². The van der Waals surface area contributed by atoms with Crippen LogP contribution in [-0.4, -0.2) is 40.5 Å². The van der Waals surface area contributed by atoms with E-state index >= 15 is 0 Å². The van der Waals surface area contributed by atoms with Crippen LogP contribution in [0.3, 0.4) is 0 Å². The van der Waals surface area contributed by atoms with Crippen molar-refractivity contribution in [3.05, 3.63) is 42.3 Å². The van der Waals surface area contributed by atoms with Gasteiger partial charge in [0.05, 0.1) is 0 Å². The second kappa shape index (κ2) is 9.23. The fourth-order valence-electron chi connectivity index (χ4n) is 2.13. The molecule has 2 aromatic carbocycles. The Balaban J connectivity index is 0.00000192. The summed E-state index contributed by atoms with van der Waals surface area (Å²) in [5, 5.41) is 2.17. The molecule has 0 spiro atoms. The van der Waals surface area contributed by atoms with Crippen molar-refractivity contribution >= 4 is 10.8 Å². The maximum atomic E-state index is 5.60. The summed E-state index contributed by atoms with van der Waals surface area (Å²) in [6.45, 7) is 2.51. The van der Waals surface area contributed by atoms with Gasteiger partial charge < -0.3 is 23.7 Å². The zero-order valence-corrected chi connectivity index (χ0v) is 15.9. The molecule has 1 aliphatic rings. The van der Waals surface area contributed by atoms with Gasteiger partial charge in [-0.15, -0.1) is 0 Å². The van der Waals surface area contributed by atoms with E-state index in [4.69, 9.17) is 23.7 Å². The molecule has 3 rings (SSSR count). The van der Waals surface area contributed by atoms with E-state index in [-0.39, 0.29) is 34.7 Å². The van der Waals surface area contributed by atoms with E-state index in [9.17, 15) is 0 Å². The van der Waals surface area contributed by atoms with Gasteiger partial charge in [-0.25, -0.2) is 5.92 Å². The van der Waals surface area contributed by atoms with Crippen molar-refractivity contribution < 1.29 is 44.7 Å². The molecule has 0 bridgehead atoms. The molecule has 2 aromatic rings. The van der Waals surface area contributed by atoms with Gasteiger partial charge in [-0.2, -0.15) is 0 Å². The fourth-order valence-corrected chi connectivity index (χ4v) is 2.13. The second-order valence-electron chi connectivity index (χ2n) is 5.08. The van der Waals surface area contributed by atoms with Gasteiger partial charge in [-0.3, -0.25) is 0 Å². The van der Waals surface area contributed by atoms with Crippen LogP contribution in [0.1, 0.15) is 0 Å². The Morgan fingerprint density at radius 3 is 2.09 bits per heavy atom. The molecule has 0 atom stereocenters. The molecule has 0 N–H and O–H groups in total. The van der Waals surface area contributed by atoms with E-state index in [1.54, 1.807) is 7.11 Å². The molecule has 0 unspecified atom stereocenters. The van der Waals surface area contributed by atoms with Crippen LogP contribution < -0.4 is 9.47 Å². The summed E-state index contributed by atoms with van der Waals surface area (Å²) in [4.78, 5) is 0. The van der Waals surface area contributed by atoms with Crippen LogP contribution in [0.25, 0.3) is 10.8 Å². The quantitative estimate of drug-likeness (QED) is 0.326. The molecule has 124 valence electrons. The fraction of sp³-hybridized carbons (Fsp3) is 0.353. The summed E-state index contributed by atoms with van der Waals surface area (Å²) in [6, 6.07) is 11.8. The first-order valence-electron chi connectivity index (χ1n) is 7.12.